The van der Waals surface area contributed by atoms with Gasteiger partial charge in [-0.3, -0.25) is 0 Å². The monoisotopic (exact) mass is 718 g/mol. The number of benzene rings is 8. The Balaban J connectivity index is 1.03. The standard InChI is InChI=1S/C54H42N2/c1-53(2)46-22-14-13-21-43(46)51-52(53)44-30-25-37(33-47(44)54(51,3)4)35-23-27-40(28-24-35)55(38-16-7-5-8-17-38)41-29-32-48-45(34-41)50-42-20-12-11-15-36(42)26-31-49(50)56(48)39-18-9-6-10-19-39/h5-34H,1-4H3. The number of allylic oxidation sites excluding steroid dienone is 2. The summed E-state index contributed by atoms with van der Waals surface area (Å²) in [5.74, 6) is 0. The summed E-state index contributed by atoms with van der Waals surface area (Å²) in [6.45, 7) is 9.61. The number of hydrogen-bond donors (Lipinski definition) is 0. The number of aromatic nitrogens is 1. The zero-order valence-corrected chi connectivity index (χ0v) is 32.2. The molecule has 9 aromatic rings. The number of anilines is 3. The predicted octanol–water partition coefficient (Wildman–Crippen LogP) is 14.6. The average molecular weight is 719 g/mol. The Morgan fingerprint density at radius 2 is 1.00 bits per heavy atom. The number of hydrogen-bond acceptors (Lipinski definition) is 1. The van der Waals surface area contributed by atoms with Gasteiger partial charge in [-0.25, -0.2) is 0 Å². The smallest absolute Gasteiger partial charge is 0.0547 e. The molecule has 0 aliphatic heterocycles. The van der Waals surface area contributed by atoms with E-state index >= 15 is 0 Å². The van der Waals surface area contributed by atoms with Crippen molar-refractivity contribution in [2.24, 2.45) is 0 Å². The molecule has 0 unspecified atom stereocenters. The Bertz CT molecular complexity index is 3050. The van der Waals surface area contributed by atoms with Crippen LogP contribution in [0.4, 0.5) is 17.1 Å². The summed E-state index contributed by atoms with van der Waals surface area (Å²) in [4.78, 5) is 2.39. The zero-order valence-electron chi connectivity index (χ0n) is 32.2. The maximum atomic E-state index is 2.46. The van der Waals surface area contributed by atoms with Gasteiger partial charge in [-0.15, -0.1) is 0 Å². The van der Waals surface area contributed by atoms with Crippen LogP contribution in [0.25, 0.3) is 60.5 Å². The van der Waals surface area contributed by atoms with Crippen molar-refractivity contribution < 1.29 is 0 Å². The molecule has 11 rings (SSSR count). The number of rotatable bonds is 5. The van der Waals surface area contributed by atoms with E-state index in [9.17, 15) is 0 Å². The molecule has 0 saturated carbocycles. The molecule has 8 aromatic carbocycles. The van der Waals surface area contributed by atoms with E-state index in [1.54, 1.807) is 0 Å². The molecule has 0 radical (unpaired) electrons. The fourth-order valence-corrected chi connectivity index (χ4v) is 10.1. The van der Waals surface area contributed by atoms with E-state index in [1.807, 2.05) is 0 Å². The minimum absolute atomic E-state index is 0.0227. The van der Waals surface area contributed by atoms with Crippen LogP contribution in [0.15, 0.2) is 182 Å². The minimum Gasteiger partial charge on any atom is -0.310 e. The summed E-state index contributed by atoms with van der Waals surface area (Å²) in [5.41, 5.74) is 18.0. The SMILES string of the molecule is CC1(C)C2=C(c3ccccc31)C(C)(C)c1cc(-c3ccc(N(c4ccccc4)c4ccc5c(c4)c4c6ccccc6ccc4n5-c4ccccc4)cc3)ccc12. The van der Waals surface area contributed by atoms with Crippen molar-refractivity contribution >= 4 is 60.8 Å². The van der Waals surface area contributed by atoms with Crippen molar-refractivity contribution in [3.05, 3.63) is 204 Å². The van der Waals surface area contributed by atoms with Gasteiger partial charge in [0, 0.05) is 44.4 Å². The summed E-state index contributed by atoms with van der Waals surface area (Å²) in [6, 6.07) is 67.1. The molecule has 0 N–H and O–H groups in total. The molecule has 268 valence electrons. The fraction of sp³-hybridized carbons (Fsp3) is 0.111. The molecule has 0 atom stereocenters. The van der Waals surface area contributed by atoms with Crippen LogP contribution in [0.5, 0.6) is 0 Å². The maximum Gasteiger partial charge on any atom is 0.0547 e. The zero-order chi connectivity index (χ0) is 37.8. The highest BCUT2D eigenvalue weighted by atomic mass is 15.1. The lowest BCUT2D eigenvalue weighted by molar-refractivity contribution is 0.694. The van der Waals surface area contributed by atoms with E-state index < -0.39 is 0 Å². The topological polar surface area (TPSA) is 8.17 Å². The molecule has 0 spiro atoms. The lowest BCUT2D eigenvalue weighted by atomic mass is 9.75. The van der Waals surface area contributed by atoms with Crippen LogP contribution in [0, 0.1) is 0 Å². The third-order valence-electron chi connectivity index (χ3n) is 12.7. The van der Waals surface area contributed by atoms with Crippen LogP contribution in [0.1, 0.15) is 49.9 Å². The van der Waals surface area contributed by atoms with Crippen LogP contribution in [0.3, 0.4) is 0 Å². The Hall–Kier alpha value is -6.64. The lowest BCUT2D eigenvalue weighted by Gasteiger charge is -2.28. The molecular weight excluding hydrogens is 677 g/mol. The Morgan fingerprint density at radius 1 is 0.411 bits per heavy atom. The van der Waals surface area contributed by atoms with Crippen LogP contribution in [-0.2, 0) is 10.8 Å². The average Bonchev–Trinajstić information content (AvgIpc) is 3.80. The van der Waals surface area contributed by atoms with E-state index in [-0.39, 0.29) is 10.8 Å². The first-order valence-corrected chi connectivity index (χ1v) is 19.8. The van der Waals surface area contributed by atoms with Gasteiger partial charge in [0.15, 0.2) is 0 Å². The second kappa shape index (κ2) is 11.9. The van der Waals surface area contributed by atoms with Gasteiger partial charge in [0.05, 0.1) is 11.0 Å². The van der Waals surface area contributed by atoms with Gasteiger partial charge in [-0.05, 0) is 122 Å². The molecule has 1 heterocycles. The summed E-state index contributed by atoms with van der Waals surface area (Å²) >= 11 is 0. The Labute approximate surface area is 328 Å². The molecule has 1 aromatic heterocycles. The highest BCUT2D eigenvalue weighted by molar-refractivity contribution is 6.22. The third-order valence-corrected chi connectivity index (χ3v) is 12.7. The molecule has 2 aliphatic carbocycles. The number of para-hydroxylation sites is 2. The quantitative estimate of drug-likeness (QED) is 0.172. The van der Waals surface area contributed by atoms with Crippen molar-refractivity contribution in [3.63, 3.8) is 0 Å². The summed E-state index contributed by atoms with van der Waals surface area (Å²) in [7, 11) is 0. The molecule has 2 aliphatic rings. The summed E-state index contributed by atoms with van der Waals surface area (Å²) in [6.07, 6.45) is 0. The fourth-order valence-electron chi connectivity index (χ4n) is 10.1. The first kappa shape index (κ1) is 32.8. The summed E-state index contributed by atoms with van der Waals surface area (Å²) < 4.78 is 2.41. The van der Waals surface area contributed by atoms with Gasteiger partial charge in [0.25, 0.3) is 0 Å². The first-order valence-electron chi connectivity index (χ1n) is 19.8. The molecule has 0 saturated heterocycles. The van der Waals surface area contributed by atoms with Crippen LogP contribution in [0.2, 0.25) is 0 Å². The first-order chi connectivity index (χ1) is 27.3. The van der Waals surface area contributed by atoms with Crippen LogP contribution >= 0.6 is 0 Å². The van der Waals surface area contributed by atoms with Crippen molar-refractivity contribution in [3.8, 4) is 16.8 Å². The van der Waals surface area contributed by atoms with Gasteiger partial charge < -0.3 is 9.47 Å². The predicted molar refractivity (Wildman–Crippen MR) is 238 cm³/mol. The second-order valence-corrected chi connectivity index (χ2v) is 16.6. The van der Waals surface area contributed by atoms with E-state index in [0.29, 0.717) is 0 Å². The molecule has 56 heavy (non-hydrogen) atoms. The molecular formula is C54H42N2. The highest BCUT2D eigenvalue weighted by Crippen LogP contribution is 2.62. The van der Waals surface area contributed by atoms with Gasteiger partial charge in [0.1, 0.15) is 0 Å². The largest absolute Gasteiger partial charge is 0.310 e. The lowest BCUT2D eigenvalue weighted by Crippen LogP contribution is -2.19. The minimum atomic E-state index is -0.0811. The van der Waals surface area contributed by atoms with E-state index in [2.05, 4.69) is 219 Å². The van der Waals surface area contributed by atoms with Gasteiger partial charge in [0.2, 0.25) is 0 Å². The Kier molecular flexibility index (Phi) is 6.98. The second-order valence-electron chi connectivity index (χ2n) is 16.6. The van der Waals surface area contributed by atoms with Gasteiger partial charge >= 0.3 is 0 Å². The molecule has 0 amide bonds. The van der Waals surface area contributed by atoms with E-state index in [1.165, 1.54) is 77.1 Å². The van der Waals surface area contributed by atoms with Crippen LogP contribution < -0.4 is 4.90 Å². The normalized spacial score (nSPS) is 15.0. The number of fused-ring (bicyclic) bond motifs is 9. The molecule has 2 nitrogen and oxygen atoms in total. The highest BCUT2D eigenvalue weighted by Gasteiger charge is 2.49. The van der Waals surface area contributed by atoms with Crippen molar-refractivity contribution in [2.75, 3.05) is 4.90 Å². The van der Waals surface area contributed by atoms with Gasteiger partial charge in [-0.1, -0.05) is 143 Å². The molecule has 0 bridgehead atoms. The van der Waals surface area contributed by atoms with Crippen molar-refractivity contribution in [1.29, 1.82) is 0 Å². The third kappa shape index (κ3) is 4.62. The van der Waals surface area contributed by atoms with Gasteiger partial charge in [-0.2, -0.15) is 0 Å². The number of nitrogens with zero attached hydrogens (tertiary/aromatic N) is 2. The maximum absolute atomic E-state index is 2.46. The molecule has 0 fully saturated rings. The van der Waals surface area contributed by atoms with E-state index in [4.69, 9.17) is 0 Å². The van der Waals surface area contributed by atoms with Crippen LogP contribution in [-0.4, -0.2) is 4.57 Å². The Morgan fingerprint density at radius 3 is 1.79 bits per heavy atom. The molecule has 2 heteroatoms. The summed E-state index contributed by atoms with van der Waals surface area (Å²) in [5, 5.41) is 5.03. The van der Waals surface area contributed by atoms with E-state index in [0.717, 1.165) is 22.7 Å². The van der Waals surface area contributed by atoms with Crippen molar-refractivity contribution in [2.45, 2.75) is 38.5 Å². The van der Waals surface area contributed by atoms with Crippen molar-refractivity contribution in [1.82, 2.24) is 4.57 Å².